The number of carbonyl (C=O) groups excluding carboxylic acids is 1. The largest absolute Gasteiger partial charge is 0.330 e. The van der Waals surface area contributed by atoms with E-state index >= 15 is 0 Å². The zero-order valence-electron chi connectivity index (χ0n) is 16.2. The summed E-state index contributed by atoms with van der Waals surface area (Å²) in [7, 11) is 0. The Balaban J connectivity index is 1.97. The van der Waals surface area contributed by atoms with Gasteiger partial charge in [0.05, 0.1) is 5.54 Å². The Hall–Kier alpha value is -2.60. The summed E-state index contributed by atoms with van der Waals surface area (Å²) in [5.74, 6) is -1.74. The average Bonchev–Trinajstić information content (AvgIpc) is 3.08. The molecular formula is C23H23F3N2O. The minimum Gasteiger partial charge on any atom is -0.330 e. The molecule has 2 atom stereocenters. The normalized spacial score (nSPS) is 23.3. The first-order valence-electron chi connectivity index (χ1n) is 9.81. The van der Waals surface area contributed by atoms with Gasteiger partial charge in [0.1, 0.15) is 17.5 Å². The first-order chi connectivity index (χ1) is 13.9. The topological polar surface area (TPSA) is 46.3 Å². The summed E-state index contributed by atoms with van der Waals surface area (Å²) in [5, 5.41) is 0. The summed E-state index contributed by atoms with van der Waals surface area (Å²) in [6.07, 6.45) is 4.00. The number of halogens is 3. The molecule has 0 saturated carbocycles. The summed E-state index contributed by atoms with van der Waals surface area (Å²) < 4.78 is 42.6. The number of fused-ring (bicyclic) bond motifs is 2. The molecule has 6 heteroatoms. The minimum atomic E-state index is -0.922. The quantitative estimate of drug-likeness (QED) is 0.841. The van der Waals surface area contributed by atoms with Gasteiger partial charge in [-0.15, -0.1) is 0 Å². The van der Waals surface area contributed by atoms with Crippen molar-refractivity contribution in [2.24, 2.45) is 11.7 Å². The number of nitrogens with zero attached hydrogens (tertiary/aromatic N) is 1. The Morgan fingerprint density at radius 1 is 1.17 bits per heavy atom. The number of rotatable bonds is 3. The molecular weight excluding hydrogens is 377 g/mol. The van der Waals surface area contributed by atoms with Gasteiger partial charge in [-0.2, -0.15) is 0 Å². The maximum Gasteiger partial charge on any atom is 0.220 e. The van der Waals surface area contributed by atoms with Crippen LogP contribution in [-0.2, 0) is 16.8 Å². The van der Waals surface area contributed by atoms with E-state index in [2.05, 4.69) is 0 Å². The van der Waals surface area contributed by atoms with Gasteiger partial charge < -0.3 is 10.6 Å². The van der Waals surface area contributed by atoms with E-state index in [4.69, 9.17) is 5.73 Å². The Kier molecular flexibility index (Phi) is 4.99. The molecule has 1 aliphatic carbocycles. The molecule has 2 unspecified atom stereocenters. The van der Waals surface area contributed by atoms with Gasteiger partial charge in [0.15, 0.2) is 0 Å². The van der Waals surface area contributed by atoms with E-state index < -0.39 is 17.2 Å². The predicted molar refractivity (Wildman–Crippen MR) is 105 cm³/mol. The van der Waals surface area contributed by atoms with Crippen molar-refractivity contribution < 1.29 is 18.0 Å². The highest BCUT2D eigenvalue weighted by Crippen LogP contribution is 2.52. The zero-order valence-corrected chi connectivity index (χ0v) is 16.2. The molecule has 0 radical (unpaired) electrons. The molecule has 2 aromatic carbocycles. The minimum absolute atomic E-state index is 0.0418. The lowest BCUT2D eigenvalue weighted by molar-refractivity contribution is -0.134. The molecule has 1 amide bonds. The number of nitrogens with two attached hydrogens (primary N) is 1. The van der Waals surface area contributed by atoms with Crippen LogP contribution < -0.4 is 5.73 Å². The van der Waals surface area contributed by atoms with Gasteiger partial charge in [-0.25, -0.2) is 13.2 Å². The summed E-state index contributed by atoms with van der Waals surface area (Å²) in [5.41, 5.74) is 7.27. The van der Waals surface area contributed by atoms with Gasteiger partial charge in [0.25, 0.3) is 0 Å². The molecule has 0 aromatic heterocycles. The first kappa shape index (κ1) is 19.7. The van der Waals surface area contributed by atoms with E-state index in [9.17, 15) is 18.0 Å². The standard InChI is InChI=1S/C23H23F3N2O/c1-14(29)28-13-16(20-10-18(24)6-7-22(20)26)12-23(28)17(8-9-27)4-2-15-3-5-19(25)11-21(15)23/h3,5-7,10-12,17H,2,4,8-9,13,27H2,1H3. The van der Waals surface area contributed by atoms with E-state index in [-0.39, 0.29) is 29.8 Å². The number of carbonyl (C=O) groups is 1. The van der Waals surface area contributed by atoms with Gasteiger partial charge in [-0.1, -0.05) is 6.07 Å². The lowest BCUT2D eigenvalue weighted by Crippen LogP contribution is -2.52. The molecule has 1 spiro atoms. The van der Waals surface area contributed by atoms with Crippen molar-refractivity contribution in [3.05, 3.63) is 76.6 Å². The molecule has 0 fully saturated rings. The van der Waals surface area contributed by atoms with Crippen molar-refractivity contribution in [3.63, 3.8) is 0 Å². The van der Waals surface area contributed by atoms with Crippen molar-refractivity contribution in [2.75, 3.05) is 13.1 Å². The molecule has 2 aromatic rings. The monoisotopic (exact) mass is 400 g/mol. The van der Waals surface area contributed by atoms with E-state index in [1.54, 1.807) is 11.0 Å². The van der Waals surface area contributed by atoms with Crippen LogP contribution in [0.1, 0.15) is 36.5 Å². The SMILES string of the molecule is CC(=O)N1CC(c2cc(F)ccc2F)=CC12c1cc(F)ccc1CCC2CCN. The third kappa shape index (κ3) is 3.15. The molecule has 0 bridgehead atoms. The fourth-order valence-electron chi connectivity index (χ4n) is 5.00. The van der Waals surface area contributed by atoms with Crippen LogP contribution in [0, 0.1) is 23.4 Å². The predicted octanol–water partition coefficient (Wildman–Crippen LogP) is 4.16. The Morgan fingerprint density at radius 3 is 2.62 bits per heavy atom. The third-order valence-corrected chi connectivity index (χ3v) is 6.23. The molecule has 1 heterocycles. The Labute approximate surface area is 168 Å². The second kappa shape index (κ2) is 7.34. The van der Waals surface area contributed by atoms with Gasteiger partial charge in [-0.05, 0) is 84.8 Å². The number of hydrogen-bond donors (Lipinski definition) is 1. The van der Waals surface area contributed by atoms with Crippen LogP contribution in [0.25, 0.3) is 5.57 Å². The number of hydrogen-bond acceptors (Lipinski definition) is 2. The van der Waals surface area contributed by atoms with Crippen LogP contribution in [0.5, 0.6) is 0 Å². The fourth-order valence-corrected chi connectivity index (χ4v) is 5.00. The van der Waals surface area contributed by atoms with Gasteiger partial charge >= 0.3 is 0 Å². The maximum absolute atomic E-state index is 14.5. The van der Waals surface area contributed by atoms with Crippen molar-refractivity contribution in [1.29, 1.82) is 0 Å². The van der Waals surface area contributed by atoms with Crippen LogP contribution in [0.15, 0.2) is 42.5 Å². The number of benzene rings is 2. The molecule has 152 valence electrons. The van der Waals surface area contributed by atoms with Crippen LogP contribution >= 0.6 is 0 Å². The summed E-state index contributed by atoms with van der Waals surface area (Å²) >= 11 is 0. The lowest BCUT2D eigenvalue weighted by atomic mass is 9.67. The van der Waals surface area contributed by atoms with Gasteiger partial charge in [-0.3, -0.25) is 4.79 Å². The van der Waals surface area contributed by atoms with Crippen LogP contribution in [-0.4, -0.2) is 23.9 Å². The molecule has 29 heavy (non-hydrogen) atoms. The summed E-state index contributed by atoms with van der Waals surface area (Å²) in [4.78, 5) is 14.3. The number of aryl methyl sites for hydroxylation is 1. The third-order valence-electron chi connectivity index (χ3n) is 6.23. The average molecular weight is 400 g/mol. The summed E-state index contributed by atoms with van der Waals surface area (Å²) in [6.45, 7) is 2.00. The van der Waals surface area contributed by atoms with Crippen LogP contribution in [0.3, 0.4) is 0 Å². The maximum atomic E-state index is 14.5. The van der Waals surface area contributed by atoms with E-state index in [0.29, 0.717) is 24.1 Å². The highest BCUT2D eigenvalue weighted by molar-refractivity contribution is 5.83. The highest BCUT2D eigenvalue weighted by Gasteiger charge is 2.51. The van der Waals surface area contributed by atoms with Gasteiger partial charge in [0.2, 0.25) is 5.91 Å². The molecule has 2 N–H and O–H groups in total. The lowest BCUT2D eigenvalue weighted by Gasteiger charge is -2.48. The molecule has 1 aliphatic heterocycles. The van der Waals surface area contributed by atoms with E-state index in [0.717, 1.165) is 36.6 Å². The molecule has 4 rings (SSSR count). The van der Waals surface area contributed by atoms with Crippen LogP contribution in [0.4, 0.5) is 13.2 Å². The van der Waals surface area contributed by atoms with Crippen molar-refractivity contribution in [1.82, 2.24) is 4.90 Å². The number of amides is 1. The van der Waals surface area contributed by atoms with Crippen molar-refractivity contribution >= 4 is 11.5 Å². The molecule has 2 aliphatic rings. The van der Waals surface area contributed by atoms with Crippen LogP contribution in [0.2, 0.25) is 0 Å². The highest BCUT2D eigenvalue weighted by atomic mass is 19.1. The zero-order chi connectivity index (χ0) is 20.8. The Morgan fingerprint density at radius 2 is 1.90 bits per heavy atom. The van der Waals surface area contributed by atoms with E-state index in [1.807, 2.05) is 6.08 Å². The van der Waals surface area contributed by atoms with Crippen molar-refractivity contribution in [3.8, 4) is 0 Å². The second-order valence-corrected chi connectivity index (χ2v) is 7.84. The van der Waals surface area contributed by atoms with Gasteiger partial charge in [0, 0.05) is 19.0 Å². The fraction of sp³-hybridized carbons (Fsp3) is 0.348. The van der Waals surface area contributed by atoms with E-state index in [1.165, 1.54) is 19.1 Å². The first-order valence-corrected chi connectivity index (χ1v) is 9.81. The Bertz CT molecular complexity index is 1000. The molecule has 3 nitrogen and oxygen atoms in total. The summed E-state index contributed by atoms with van der Waals surface area (Å²) in [6, 6.07) is 7.93. The molecule has 0 saturated heterocycles. The van der Waals surface area contributed by atoms with Crippen molar-refractivity contribution in [2.45, 2.75) is 31.7 Å². The second-order valence-electron chi connectivity index (χ2n) is 7.84. The smallest absolute Gasteiger partial charge is 0.220 e.